The number of aromatic nitrogens is 3. The second-order valence-electron chi connectivity index (χ2n) is 10.4. The second kappa shape index (κ2) is 10.3. The number of amides is 2. The van der Waals surface area contributed by atoms with Gasteiger partial charge in [-0.25, -0.2) is 18.7 Å². The van der Waals surface area contributed by atoms with Crippen molar-refractivity contribution in [1.29, 1.82) is 0 Å². The zero-order valence-electron chi connectivity index (χ0n) is 21.5. The van der Waals surface area contributed by atoms with E-state index in [1.54, 1.807) is 17.9 Å². The number of ether oxygens (including phenoxy) is 1. The number of hydrogen-bond donors (Lipinski definition) is 3. The Kier molecular flexibility index (Phi) is 7.04. The van der Waals surface area contributed by atoms with Crippen molar-refractivity contribution in [2.75, 3.05) is 19.7 Å². The summed E-state index contributed by atoms with van der Waals surface area (Å²) < 4.78 is 33.1. The molecule has 1 aromatic carbocycles. The van der Waals surface area contributed by atoms with Crippen molar-refractivity contribution in [1.82, 2.24) is 25.2 Å². The number of fused-ring (bicyclic) bond motifs is 1. The van der Waals surface area contributed by atoms with Crippen LogP contribution in [0.1, 0.15) is 54.7 Å². The maximum Gasteiger partial charge on any atom is 0.263 e. The molecule has 0 bridgehead atoms. The molecule has 2 aromatic heterocycles. The van der Waals surface area contributed by atoms with Gasteiger partial charge < -0.3 is 25.0 Å². The number of carbonyl (C=O) groups excluding carboxylic acids is 2. The van der Waals surface area contributed by atoms with Gasteiger partial charge in [0.05, 0.1) is 23.7 Å². The van der Waals surface area contributed by atoms with E-state index in [9.17, 15) is 23.5 Å². The molecule has 0 spiro atoms. The van der Waals surface area contributed by atoms with Crippen LogP contribution in [-0.2, 0) is 4.79 Å². The molecule has 2 aliphatic rings. The molecule has 38 heavy (non-hydrogen) atoms. The van der Waals surface area contributed by atoms with Gasteiger partial charge in [-0.05, 0) is 56.7 Å². The third-order valence-corrected chi connectivity index (χ3v) is 7.28. The van der Waals surface area contributed by atoms with Crippen molar-refractivity contribution in [2.45, 2.75) is 52.2 Å². The largest absolute Gasteiger partial charge is 0.493 e. The van der Waals surface area contributed by atoms with E-state index >= 15 is 0 Å². The number of halogens is 2. The van der Waals surface area contributed by atoms with Crippen LogP contribution in [0.2, 0.25) is 0 Å². The fourth-order valence-corrected chi connectivity index (χ4v) is 4.93. The minimum Gasteiger partial charge on any atom is -0.493 e. The molecule has 202 valence electrons. The average Bonchev–Trinajstić information content (AvgIpc) is 3.55. The van der Waals surface area contributed by atoms with Crippen molar-refractivity contribution < 1.29 is 28.2 Å². The second-order valence-corrected chi connectivity index (χ2v) is 10.4. The van der Waals surface area contributed by atoms with Gasteiger partial charge in [-0.2, -0.15) is 0 Å². The van der Waals surface area contributed by atoms with Crippen LogP contribution >= 0.6 is 0 Å². The fraction of sp³-hybridized carbons (Fsp3) is 0.481. The summed E-state index contributed by atoms with van der Waals surface area (Å²) >= 11 is 0. The normalized spacial score (nSPS) is 20.2. The van der Waals surface area contributed by atoms with E-state index in [-0.39, 0.29) is 29.3 Å². The monoisotopic (exact) mass is 527 g/mol. The molecule has 9 nitrogen and oxygen atoms in total. The molecule has 0 radical (unpaired) electrons. The number of aryl methyl sites for hydroxylation is 1. The molecule has 1 saturated heterocycles. The van der Waals surface area contributed by atoms with Crippen molar-refractivity contribution in [3.63, 3.8) is 0 Å². The van der Waals surface area contributed by atoms with E-state index in [0.717, 1.165) is 12.8 Å². The molecule has 2 amide bonds. The molecule has 2 fully saturated rings. The molecule has 2 unspecified atom stereocenters. The summed E-state index contributed by atoms with van der Waals surface area (Å²) in [6.45, 7) is 6.31. The number of aromatic amines is 1. The van der Waals surface area contributed by atoms with Crippen LogP contribution in [0.4, 0.5) is 8.78 Å². The highest BCUT2D eigenvalue weighted by atomic mass is 19.3. The third-order valence-electron chi connectivity index (χ3n) is 7.28. The van der Waals surface area contributed by atoms with Gasteiger partial charge in [0, 0.05) is 29.9 Å². The van der Waals surface area contributed by atoms with Gasteiger partial charge in [-0.3, -0.25) is 9.59 Å². The van der Waals surface area contributed by atoms with Gasteiger partial charge in [0.2, 0.25) is 0 Å². The number of rotatable bonds is 8. The van der Waals surface area contributed by atoms with Gasteiger partial charge in [-0.15, -0.1) is 0 Å². The van der Waals surface area contributed by atoms with Crippen LogP contribution in [0.15, 0.2) is 24.5 Å². The number of nitrogens with zero attached hydrogens (tertiary/aromatic N) is 3. The number of aliphatic hydroxyl groups excluding tert-OH is 1. The third kappa shape index (κ3) is 5.07. The lowest BCUT2D eigenvalue weighted by atomic mass is 10.0. The van der Waals surface area contributed by atoms with Gasteiger partial charge in [0.15, 0.2) is 0 Å². The SMILES string of the molecule is Cc1[nH]c2c(-c3cc(C(F)F)ccc3OCC3CC3)ncnc2c1C(=O)NC1CN(C(=O)[C@H](C)O)CC1C. The summed E-state index contributed by atoms with van der Waals surface area (Å²) in [6.07, 6.45) is -0.293. The molecule has 1 aliphatic heterocycles. The molecule has 3 atom stereocenters. The molecule has 11 heteroatoms. The van der Waals surface area contributed by atoms with E-state index in [2.05, 4.69) is 20.3 Å². The van der Waals surface area contributed by atoms with Crippen LogP contribution in [-0.4, -0.2) is 68.6 Å². The summed E-state index contributed by atoms with van der Waals surface area (Å²) in [5.41, 5.74) is 2.30. The number of H-pyrrole nitrogens is 1. The van der Waals surface area contributed by atoms with Crippen LogP contribution < -0.4 is 10.1 Å². The standard InChI is InChI=1S/C27H31F2N5O4/c1-13-9-34(27(37)15(3)35)10-19(13)33-26(36)21-14(2)32-24-22(30-12-31-23(21)24)18-8-17(25(28)29)6-7-20(18)38-11-16-4-5-16/h6-8,12-13,15-16,19,25,32,35H,4-5,9-11H2,1-3H3,(H,33,36)/t13?,15-,19?/m0/s1. The fourth-order valence-electron chi connectivity index (χ4n) is 4.93. The Balaban J connectivity index is 1.47. The first-order chi connectivity index (χ1) is 18.1. The Hall–Kier alpha value is -3.60. The summed E-state index contributed by atoms with van der Waals surface area (Å²) in [6, 6.07) is 3.96. The Labute approximate surface area is 218 Å². The lowest BCUT2D eigenvalue weighted by Crippen LogP contribution is -2.42. The highest BCUT2D eigenvalue weighted by Crippen LogP contribution is 2.38. The molecule has 5 rings (SSSR count). The van der Waals surface area contributed by atoms with Gasteiger partial charge in [-0.1, -0.05) is 6.92 Å². The van der Waals surface area contributed by atoms with Gasteiger partial charge in [0.25, 0.3) is 18.2 Å². The first-order valence-corrected chi connectivity index (χ1v) is 12.8. The summed E-state index contributed by atoms with van der Waals surface area (Å²) in [7, 11) is 0. The predicted molar refractivity (Wildman–Crippen MR) is 136 cm³/mol. The van der Waals surface area contributed by atoms with Crippen LogP contribution in [0.25, 0.3) is 22.3 Å². The van der Waals surface area contributed by atoms with Crippen molar-refractivity contribution >= 4 is 22.8 Å². The molecular weight excluding hydrogens is 496 g/mol. The lowest BCUT2D eigenvalue weighted by Gasteiger charge is -2.18. The first-order valence-electron chi connectivity index (χ1n) is 12.8. The molecule has 1 saturated carbocycles. The Morgan fingerprint density at radius 1 is 1.26 bits per heavy atom. The summed E-state index contributed by atoms with van der Waals surface area (Å²) in [5, 5.41) is 12.6. The molecule has 3 N–H and O–H groups in total. The first kappa shape index (κ1) is 26.0. The smallest absolute Gasteiger partial charge is 0.263 e. The van der Waals surface area contributed by atoms with E-state index in [4.69, 9.17) is 4.74 Å². The topological polar surface area (TPSA) is 120 Å². The highest BCUT2D eigenvalue weighted by Gasteiger charge is 2.35. The number of aliphatic hydroxyl groups is 1. The minimum absolute atomic E-state index is 0.0133. The number of carbonyl (C=O) groups is 2. The van der Waals surface area contributed by atoms with E-state index in [1.165, 1.54) is 25.4 Å². The Morgan fingerprint density at radius 3 is 2.71 bits per heavy atom. The number of hydrogen-bond acceptors (Lipinski definition) is 6. The van der Waals surface area contributed by atoms with Crippen LogP contribution in [0.5, 0.6) is 5.75 Å². The summed E-state index contributed by atoms with van der Waals surface area (Å²) in [5.74, 6) is 0.159. The van der Waals surface area contributed by atoms with Crippen LogP contribution in [0, 0.1) is 18.8 Å². The zero-order chi connectivity index (χ0) is 27.1. The molecular formula is C27H31F2N5O4. The van der Waals surface area contributed by atoms with Gasteiger partial charge in [0.1, 0.15) is 29.4 Å². The number of nitrogens with one attached hydrogen (secondary N) is 2. The lowest BCUT2D eigenvalue weighted by molar-refractivity contribution is -0.138. The van der Waals surface area contributed by atoms with E-state index < -0.39 is 12.5 Å². The van der Waals surface area contributed by atoms with Gasteiger partial charge >= 0.3 is 0 Å². The average molecular weight is 528 g/mol. The zero-order valence-corrected chi connectivity index (χ0v) is 21.5. The van der Waals surface area contributed by atoms with Crippen molar-refractivity contribution in [3.8, 4) is 17.0 Å². The predicted octanol–water partition coefficient (Wildman–Crippen LogP) is 3.62. The number of alkyl halides is 2. The van der Waals surface area contributed by atoms with E-state index in [1.807, 2.05) is 6.92 Å². The minimum atomic E-state index is -2.66. The van der Waals surface area contributed by atoms with Crippen molar-refractivity contribution in [3.05, 3.63) is 41.3 Å². The molecule has 3 heterocycles. The maximum absolute atomic E-state index is 13.6. The van der Waals surface area contributed by atoms with E-state index in [0.29, 0.717) is 64.9 Å². The Bertz CT molecular complexity index is 1370. The highest BCUT2D eigenvalue weighted by molar-refractivity contribution is 6.09. The van der Waals surface area contributed by atoms with Crippen molar-refractivity contribution in [2.24, 2.45) is 11.8 Å². The quantitative estimate of drug-likeness (QED) is 0.412. The Morgan fingerprint density at radius 2 is 2.03 bits per heavy atom. The number of likely N-dealkylation sites (tertiary alicyclic amines) is 1. The molecule has 1 aliphatic carbocycles. The summed E-state index contributed by atoms with van der Waals surface area (Å²) in [4.78, 5) is 39.1. The molecule has 3 aromatic rings. The maximum atomic E-state index is 13.6. The van der Waals surface area contributed by atoms with Crippen LogP contribution in [0.3, 0.4) is 0 Å². The number of benzene rings is 1.